The molecule has 2 aliphatic rings. The standard InChI is InChI=1S/C19H22N6O/c1-12-6-13(24-19(3-4-20)10-26-11-19)7-14(12)16-8-22-17-9-23-18-15(25(16)17)2-5-21-18/h2,5,8-9,12-14,21,24H,3,6-7,10-11H2,1H3/t12-,13+,14+/m1/s1. The molecule has 5 rings (SSSR count). The molecule has 0 bridgehead atoms. The molecule has 0 amide bonds. The second kappa shape index (κ2) is 5.79. The van der Waals surface area contributed by atoms with Gasteiger partial charge in [-0.3, -0.25) is 4.40 Å². The van der Waals surface area contributed by atoms with E-state index < -0.39 is 0 Å². The summed E-state index contributed by atoms with van der Waals surface area (Å²) in [7, 11) is 0. The van der Waals surface area contributed by atoms with Crippen LogP contribution in [0.4, 0.5) is 0 Å². The summed E-state index contributed by atoms with van der Waals surface area (Å²) < 4.78 is 7.62. The lowest BCUT2D eigenvalue weighted by Gasteiger charge is -2.42. The Bertz CT molecular complexity index is 994. The van der Waals surface area contributed by atoms with E-state index in [1.54, 1.807) is 0 Å². The lowest BCUT2D eigenvalue weighted by Crippen LogP contribution is -2.62. The first-order valence-electron chi connectivity index (χ1n) is 9.21. The number of aromatic nitrogens is 4. The quantitative estimate of drug-likeness (QED) is 0.754. The van der Waals surface area contributed by atoms with Crippen LogP contribution in [0, 0.1) is 17.2 Å². The molecule has 0 spiro atoms. The number of nitrogens with zero attached hydrogens (tertiary/aromatic N) is 4. The van der Waals surface area contributed by atoms with E-state index in [4.69, 9.17) is 10.00 Å². The molecule has 1 saturated heterocycles. The maximum atomic E-state index is 9.13. The van der Waals surface area contributed by atoms with Crippen molar-refractivity contribution >= 4 is 16.8 Å². The van der Waals surface area contributed by atoms with Gasteiger partial charge >= 0.3 is 0 Å². The average molecular weight is 350 g/mol. The molecule has 2 fully saturated rings. The van der Waals surface area contributed by atoms with Gasteiger partial charge in [0, 0.05) is 30.0 Å². The highest BCUT2D eigenvalue weighted by Gasteiger charge is 2.43. The van der Waals surface area contributed by atoms with Gasteiger partial charge in [-0.05, 0) is 24.8 Å². The molecule has 3 aromatic rings. The minimum Gasteiger partial charge on any atom is -0.377 e. The summed E-state index contributed by atoms with van der Waals surface area (Å²) in [5, 5.41) is 12.9. The largest absolute Gasteiger partial charge is 0.377 e. The summed E-state index contributed by atoms with van der Waals surface area (Å²) in [6, 6.07) is 4.77. The van der Waals surface area contributed by atoms with Gasteiger partial charge in [0.25, 0.3) is 0 Å². The zero-order valence-corrected chi connectivity index (χ0v) is 14.8. The fourth-order valence-corrected chi connectivity index (χ4v) is 4.70. The predicted molar refractivity (Wildman–Crippen MR) is 96.7 cm³/mol. The lowest BCUT2D eigenvalue weighted by molar-refractivity contribution is -0.0769. The van der Waals surface area contributed by atoms with Gasteiger partial charge in [-0.25, -0.2) is 9.97 Å². The van der Waals surface area contributed by atoms with Crippen LogP contribution >= 0.6 is 0 Å². The summed E-state index contributed by atoms with van der Waals surface area (Å²) in [5.41, 5.74) is 3.96. The van der Waals surface area contributed by atoms with Crippen molar-refractivity contribution in [3.63, 3.8) is 0 Å². The molecule has 26 heavy (non-hydrogen) atoms. The van der Waals surface area contributed by atoms with E-state index in [1.165, 1.54) is 5.69 Å². The summed E-state index contributed by atoms with van der Waals surface area (Å²) in [6.07, 6.45) is 8.41. The molecule has 3 aromatic heterocycles. The monoisotopic (exact) mass is 350 g/mol. The summed E-state index contributed by atoms with van der Waals surface area (Å²) >= 11 is 0. The van der Waals surface area contributed by atoms with E-state index in [2.05, 4.69) is 43.7 Å². The van der Waals surface area contributed by atoms with Crippen LogP contribution in [-0.2, 0) is 4.74 Å². The molecule has 0 radical (unpaired) electrons. The van der Waals surface area contributed by atoms with Crippen LogP contribution in [0.25, 0.3) is 16.8 Å². The smallest absolute Gasteiger partial charge is 0.156 e. The van der Waals surface area contributed by atoms with E-state index in [9.17, 15) is 0 Å². The molecule has 2 N–H and O–H groups in total. The van der Waals surface area contributed by atoms with Crippen LogP contribution in [0.15, 0.2) is 24.7 Å². The Morgan fingerprint density at radius 1 is 1.38 bits per heavy atom. The molecule has 1 saturated carbocycles. The lowest BCUT2D eigenvalue weighted by atomic mass is 9.92. The van der Waals surface area contributed by atoms with Crippen molar-refractivity contribution in [1.82, 2.24) is 24.7 Å². The second-order valence-corrected chi connectivity index (χ2v) is 7.85. The molecule has 0 aromatic carbocycles. The van der Waals surface area contributed by atoms with E-state index in [1.807, 2.05) is 18.6 Å². The molecule has 7 nitrogen and oxygen atoms in total. The van der Waals surface area contributed by atoms with Crippen molar-refractivity contribution < 1.29 is 4.74 Å². The highest BCUT2D eigenvalue weighted by molar-refractivity contribution is 5.74. The van der Waals surface area contributed by atoms with Crippen molar-refractivity contribution in [3.05, 3.63) is 30.4 Å². The van der Waals surface area contributed by atoms with Gasteiger partial charge in [0.2, 0.25) is 0 Å². The minimum atomic E-state index is -0.147. The number of rotatable bonds is 4. The fraction of sp³-hybridized carbons (Fsp3) is 0.526. The molecule has 1 aliphatic heterocycles. The zero-order chi connectivity index (χ0) is 17.7. The van der Waals surface area contributed by atoms with Gasteiger partial charge in [-0.15, -0.1) is 0 Å². The Labute approximate surface area is 151 Å². The van der Waals surface area contributed by atoms with Crippen molar-refractivity contribution in [2.24, 2.45) is 5.92 Å². The Hall–Kier alpha value is -2.43. The Kier molecular flexibility index (Phi) is 3.52. The first-order valence-corrected chi connectivity index (χ1v) is 9.21. The highest BCUT2D eigenvalue weighted by Crippen LogP contribution is 2.41. The van der Waals surface area contributed by atoms with Crippen LogP contribution in [-0.4, -0.2) is 44.1 Å². The topological polar surface area (TPSA) is 91.0 Å². The SMILES string of the molecule is C[C@@H]1C[C@H](NC2(CC#N)COC2)C[C@@H]1c1cnc2cnc3[nH]ccc3n12. The van der Waals surface area contributed by atoms with Crippen molar-refractivity contribution in [2.45, 2.75) is 43.7 Å². The van der Waals surface area contributed by atoms with Crippen LogP contribution in [0.3, 0.4) is 0 Å². The fourth-order valence-electron chi connectivity index (χ4n) is 4.70. The predicted octanol–water partition coefficient (Wildman–Crippen LogP) is 2.36. The first kappa shape index (κ1) is 15.8. The summed E-state index contributed by atoms with van der Waals surface area (Å²) in [6.45, 7) is 3.60. The third kappa shape index (κ3) is 2.33. The number of ether oxygens (including phenoxy) is 1. The minimum absolute atomic E-state index is 0.147. The maximum Gasteiger partial charge on any atom is 0.156 e. The molecule has 7 heteroatoms. The number of hydrogen-bond acceptors (Lipinski definition) is 5. The summed E-state index contributed by atoms with van der Waals surface area (Å²) in [5.74, 6) is 0.984. The maximum absolute atomic E-state index is 9.13. The van der Waals surface area contributed by atoms with Gasteiger partial charge in [0.15, 0.2) is 11.3 Å². The number of H-pyrrole nitrogens is 1. The number of aromatic amines is 1. The Morgan fingerprint density at radius 3 is 3.04 bits per heavy atom. The second-order valence-electron chi connectivity index (χ2n) is 7.85. The molecule has 4 heterocycles. The highest BCUT2D eigenvalue weighted by atomic mass is 16.5. The third-order valence-corrected chi connectivity index (χ3v) is 6.02. The number of fused-ring (bicyclic) bond motifs is 3. The van der Waals surface area contributed by atoms with Crippen LogP contribution in [0.5, 0.6) is 0 Å². The van der Waals surface area contributed by atoms with Crippen LogP contribution in [0.2, 0.25) is 0 Å². The van der Waals surface area contributed by atoms with Crippen molar-refractivity contribution in [2.75, 3.05) is 13.2 Å². The first-order chi connectivity index (χ1) is 12.7. The normalized spacial score (nSPS) is 27.6. The zero-order valence-electron chi connectivity index (χ0n) is 14.8. The van der Waals surface area contributed by atoms with Gasteiger partial charge in [-0.1, -0.05) is 6.92 Å². The van der Waals surface area contributed by atoms with E-state index in [0.29, 0.717) is 37.5 Å². The van der Waals surface area contributed by atoms with Gasteiger partial charge in [0.05, 0.1) is 43.0 Å². The number of hydrogen-bond donors (Lipinski definition) is 2. The number of nitrogens with one attached hydrogen (secondary N) is 2. The third-order valence-electron chi connectivity index (χ3n) is 6.02. The molecule has 1 aliphatic carbocycles. The molecule has 0 unspecified atom stereocenters. The number of nitriles is 1. The van der Waals surface area contributed by atoms with Gasteiger partial charge in [0.1, 0.15) is 0 Å². The molecule has 3 atom stereocenters. The molecular formula is C19H22N6O. The van der Waals surface area contributed by atoms with E-state index >= 15 is 0 Å². The van der Waals surface area contributed by atoms with Crippen LogP contribution in [0.1, 0.15) is 37.8 Å². The van der Waals surface area contributed by atoms with Crippen LogP contribution < -0.4 is 5.32 Å². The Morgan fingerprint density at radius 2 is 2.27 bits per heavy atom. The Balaban J connectivity index is 1.45. The number of imidazole rings is 1. The van der Waals surface area contributed by atoms with Gasteiger partial charge < -0.3 is 15.0 Å². The summed E-state index contributed by atoms with van der Waals surface area (Å²) in [4.78, 5) is 12.2. The van der Waals surface area contributed by atoms with E-state index in [0.717, 1.165) is 29.7 Å². The molecular weight excluding hydrogens is 328 g/mol. The van der Waals surface area contributed by atoms with Gasteiger partial charge in [-0.2, -0.15) is 5.26 Å². The van der Waals surface area contributed by atoms with Crippen molar-refractivity contribution in [1.29, 1.82) is 5.26 Å². The van der Waals surface area contributed by atoms with E-state index in [-0.39, 0.29) is 5.54 Å². The average Bonchev–Trinajstić information content (AvgIpc) is 3.29. The molecule has 134 valence electrons. The van der Waals surface area contributed by atoms with Crippen molar-refractivity contribution in [3.8, 4) is 6.07 Å².